The number of hydrogen-bond acceptors (Lipinski definition) is 6. The van der Waals surface area contributed by atoms with E-state index in [0.717, 1.165) is 20.5 Å². The standard InChI is InChI=1S/C35H27BrCl2N4O3S2/c1-2-31(34(45)42-35-41-30(20-46-35)23-14-15-27(37)28(38)18-23)47-26-13-7-12-25(19-26)39-33(44)29(17-21-8-6-11-24(36)16-21)40-32(43)22-9-4-3-5-10-22/h3-20,31H,2H2,1H3,(H,39,44)(H,40,43)(H,41,42,45)/b29-17+. The molecule has 0 aliphatic rings. The zero-order valence-corrected chi connectivity index (χ0v) is 29.5. The van der Waals surface area contributed by atoms with E-state index in [0.29, 0.717) is 38.5 Å². The maximum absolute atomic E-state index is 13.5. The maximum atomic E-state index is 13.5. The molecule has 47 heavy (non-hydrogen) atoms. The fourth-order valence-corrected chi connectivity index (χ4v) is 6.79. The number of rotatable bonds is 11. The lowest BCUT2D eigenvalue weighted by molar-refractivity contribution is -0.116. The molecule has 0 saturated carbocycles. The number of aromatic nitrogens is 1. The molecule has 12 heteroatoms. The summed E-state index contributed by atoms with van der Waals surface area (Å²) in [4.78, 5) is 45.1. The lowest BCUT2D eigenvalue weighted by Crippen LogP contribution is -2.30. The Hall–Kier alpha value is -3.93. The Morgan fingerprint density at radius 3 is 2.45 bits per heavy atom. The molecule has 5 aromatic rings. The molecule has 3 N–H and O–H groups in total. The highest BCUT2D eigenvalue weighted by Crippen LogP contribution is 2.32. The van der Waals surface area contributed by atoms with Gasteiger partial charge in [-0.25, -0.2) is 4.98 Å². The van der Waals surface area contributed by atoms with Crippen LogP contribution in [0.4, 0.5) is 10.8 Å². The number of hydrogen-bond donors (Lipinski definition) is 3. The molecule has 238 valence electrons. The molecule has 1 heterocycles. The summed E-state index contributed by atoms with van der Waals surface area (Å²) in [7, 11) is 0. The number of halogens is 3. The van der Waals surface area contributed by atoms with Gasteiger partial charge in [-0.05, 0) is 72.7 Å². The van der Waals surface area contributed by atoms with Gasteiger partial charge in [-0.1, -0.05) is 88.5 Å². The average Bonchev–Trinajstić information content (AvgIpc) is 3.53. The molecule has 1 aromatic heterocycles. The molecule has 0 bridgehead atoms. The second-order valence-electron chi connectivity index (χ2n) is 10.1. The molecule has 1 atom stereocenters. The quantitative estimate of drug-likeness (QED) is 0.0919. The number of nitrogens with one attached hydrogen (secondary N) is 3. The van der Waals surface area contributed by atoms with E-state index in [9.17, 15) is 14.4 Å². The molecule has 0 saturated heterocycles. The molecule has 7 nitrogen and oxygen atoms in total. The summed E-state index contributed by atoms with van der Waals surface area (Å²) in [6, 6.07) is 28.5. The summed E-state index contributed by atoms with van der Waals surface area (Å²) in [6.07, 6.45) is 2.17. The molecule has 1 unspecified atom stereocenters. The van der Waals surface area contributed by atoms with Crippen LogP contribution in [0.3, 0.4) is 0 Å². The summed E-state index contributed by atoms with van der Waals surface area (Å²) in [5.41, 5.74) is 3.21. The van der Waals surface area contributed by atoms with Crippen LogP contribution in [0.1, 0.15) is 29.3 Å². The number of anilines is 2. The predicted molar refractivity (Wildman–Crippen MR) is 197 cm³/mol. The van der Waals surface area contributed by atoms with Crippen LogP contribution in [0.25, 0.3) is 17.3 Å². The molecule has 5 rings (SSSR count). The van der Waals surface area contributed by atoms with E-state index in [-0.39, 0.29) is 11.6 Å². The van der Waals surface area contributed by atoms with Crippen molar-refractivity contribution in [3.8, 4) is 11.3 Å². The van der Waals surface area contributed by atoms with Crippen molar-refractivity contribution in [1.29, 1.82) is 0 Å². The first-order chi connectivity index (χ1) is 22.7. The Balaban J connectivity index is 1.27. The molecule has 3 amide bonds. The van der Waals surface area contributed by atoms with Crippen molar-refractivity contribution in [3.63, 3.8) is 0 Å². The number of amides is 3. The van der Waals surface area contributed by atoms with Crippen LogP contribution in [0, 0.1) is 0 Å². The van der Waals surface area contributed by atoms with Crippen molar-refractivity contribution in [3.05, 3.63) is 134 Å². The van der Waals surface area contributed by atoms with Crippen LogP contribution in [0.15, 0.2) is 118 Å². The van der Waals surface area contributed by atoms with Gasteiger partial charge >= 0.3 is 0 Å². The minimum absolute atomic E-state index is 0.0736. The Morgan fingerprint density at radius 1 is 0.915 bits per heavy atom. The zero-order chi connectivity index (χ0) is 33.3. The van der Waals surface area contributed by atoms with E-state index in [1.165, 1.54) is 23.1 Å². The maximum Gasteiger partial charge on any atom is 0.272 e. The van der Waals surface area contributed by atoms with E-state index in [1.54, 1.807) is 60.7 Å². The van der Waals surface area contributed by atoms with Gasteiger partial charge in [0.2, 0.25) is 5.91 Å². The third-order valence-electron chi connectivity index (χ3n) is 6.67. The Morgan fingerprint density at radius 2 is 1.70 bits per heavy atom. The van der Waals surface area contributed by atoms with Gasteiger partial charge < -0.3 is 16.0 Å². The number of thiazole rings is 1. The molecule has 0 aliphatic heterocycles. The van der Waals surface area contributed by atoms with Gasteiger partial charge in [-0.2, -0.15) is 0 Å². The third-order valence-corrected chi connectivity index (χ3v) is 10.0. The molecular weight excluding hydrogens is 739 g/mol. The highest BCUT2D eigenvalue weighted by molar-refractivity contribution is 9.10. The van der Waals surface area contributed by atoms with Gasteiger partial charge in [0.15, 0.2) is 5.13 Å². The highest BCUT2D eigenvalue weighted by atomic mass is 79.9. The fourth-order valence-electron chi connectivity index (χ4n) is 4.34. The number of carbonyl (C=O) groups is 3. The van der Waals surface area contributed by atoms with Gasteiger partial charge in [-0.3, -0.25) is 14.4 Å². The highest BCUT2D eigenvalue weighted by Gasteiger charge is 2.21. The number of thioether (sulfide) groups is 1. The number of carbonyl (C=O) groups excluding carboxylic acids is 3. The summed E-state index contributed by atoms with van der Waals surface area (Å²) >= 11 is 18.3. The Labute approximate surface area is 298 Å². The molecule has 0 radical (unpaired) electrons. The van der Waals surface area contributed by atoms with E-state index >= 15 is 0 Å². The minimum atomic E-state index is -0.497. The van der Waals surface area contributed by atoms with Crippen LogP contribution in [-0.2, 0) is 9.59 Å². The van der Waals surface area contributed by atoms with Gasteiger partial charge in [-0.15, -0.1) is 23.1 Å². The average molecular weight is 767 g/mol. The van der Waals surface area contributed by atoms with Crippen LogP contribution in [0.5, 0.6) is 0 Å². The van der Waals surface area contributed by atoms with Crippen molar-refractivity contribution in [2.24, 2.45) is 0 Å². The zero-order valence-electron chi connectivity index (χ0n) is 24.8. The Kier molecular flexibility index (Phi) is 11.9. The molecule has 0 spiro atoms. The second kappa shape index (κ2) is 16.3. The number of benzene rings is 4. The van der Waals surface area contributed by atoms with E-state index in [4.69, 9.17) is 23.2 Å². The summed E-state index contributed by atoms with van der Waals surface area (Å²) < 4.78 is 0.835. The van der Waals surface area contributed by atoms with Crippen LogP contribution >= 0.6 is 62.2 Å². The SMILES string of the molecule is CCC(Sc1cccc(NC(=O)/C(=C\c2cccc(Br)c2)NC(=O)c2ccccc2)c1)C(=O)Nc1nc(-c2ccc(Cl)c(Cl)c2)cs1. The normalized spacial score (nSPS) is 11.9. The molecule has 0 aliphatic carbocycles. The lowest BCUT2D eigenvalue weighted by atomic mass is 10.1. The first-order valence-electron chi connectivity index (χ1n) is 14.3. The van der Waals surface area contributed by atoms with Crippen LogP contribution < -0.4 is 16.0 Å². The third kappa shape index (κ3) is 9.56. The van der Waals surface area contributed by atoms with Gasteiger partial charge in [0.05, 0.1) is 21.0 Å². The fraction of sp³-hybridized carbons (Fsp3) is 0.0857. The Bertz CT molecular complexity index is 1950. The monoisotopic (exact) mass is 764 g/mol. The predicted octanol–water partition coefficient (Wildman–Crippen LogP) is 9.80. The lowest BCUT2D eigenvalue weighted by Gasteiger charge is -2.15. The van der Waals surface area contributed by atoms with Crippen molar-refractivity contribution >= 4 is 96.8 Å². The van der Waals surface area contributed by atoms with Crippen molar-refractivity contribution in [2.45, 2.75) is 23.5 Å². The van der Waals surface area contributed by atoms with Crippen LogP contribution in [0.2, 0.25) is 10.0 Å². The molecular formula is C35H27BrCl2N4O3S2. The second-order valence-corrected chi connectivity index (χ2v) is 14.0. The molecule has 4 aromatic carbocycles. The first-order valence-corrected chi connectivity index (χ1v) is 17.6. The summed E-state index contributed by atoms with van der Waals surface area (Å²) in [6.45, 7) is 1.93. The van der Waals surface area contributed by atoms with E-state index in [2.05, 4.69) is 36.9 Å². The topological polar surface area (TPSA) is 100 Å². The van der Waals surface area contributed by atoms with Gasteiger partial charge in [0, 0.05) is 31.6 Å². The van der Waals surface area contributed by atoms with Crippen molar-refractivity contribution in [1.82, 2.24) is 10.3 Å². The first kappa shape index (κ1) is 34.4. The summed E-state index contributed by atoms with van der Waals surface area (Å²) in [5, 5.41) is 11.3. The summed E-state index contributed by atoms with van der Waals surface area (Å²) in [5.74, 6) is -1.10. The largest absolute Gasteiger partial charge is 0.321 e. The smallest absolute Gasteiger partial charge is 0.272 e. The van der Waals surface area contributed by atoms with E-state index in [1.807, 2.05) is 54.8 Å². The van der Waals surface area contributed by atoms with Gasteiger partial charge in [0.25, 0.3) is 11.8 Å². The number of nitrogens with zero attached hydrogens (tertiary/aromatic N) is 1. The minimum Gasteiger partial charge on any atom is -0.321 e. The van der Waals surface area contributed by atoms with Crippen molar-refractivity contribution in [2.75, 3.05) is 10.6 Å². The van der Waals surface area contributed by atoms with Gasteiger partial charge in [0.1, 0.15) is 5.70 Å². The van der Waals surface area contributed by atoms with Crippen molar-refractivity contribution < 1.29 is 14.4 Å². The van der Waals surface area contributed by atoms with E-state index < -0.39 is 17.1 Å². The van der Waals surface area contributed by atoms with Crippen LogP contribution in [-0.4, -0.2) is 28.0 Å². The molecule has 0 fully saturated rings.